The van der Waals surface area contributed by atoms with Gasteiger partial charge in [0.1, 0.15) is 11.5 Å². The van der Waals surface area contributed by atoms with E-state index in [1.165, 1.54) is 0 Å². The van der Waals surface area contributed by atoms with Crippen molar-refractivity contribution >= 4 is 21.4 Å². The van der Waals surface area contributed by atoms with Crippen molar-refractivity contribution in [2.45, 2.75) is 5.75 Å². The van der Waals surface area contributed by atoms with Crippen LogP contribution in [0.1, 0.15) is 5.56 Å². The highest BCUT2D eigenvalue weighted by atomic mass is 32.2. The van der Waals surface area contributed by atoms with Gasteiger partial charge in [-0.3, -0.25) is 4.79 Å². The molecule has 2 rings (SSSR count). The monoisotopic (exact) mass is 319 g/mol. The molecule has 0 heterocycles. The lowest BCUT2D eigenvalue weighted by atomic mass is 10.2. The summed E-state index contributed by atoms with van der Waals surface area (Å²) in [5.41, 5.74) is 1.19. The maximum absolute atomic E-state index is 12.0. The largest absolute Gasteiger partial charge is 0.497 e. The third kappa shape index (κ3) is 4.89. The first kappa shape index (κ1) is 16.0. The van der Waals surface area contributed by atoms with E-state index >= 15 is 0 Å². The fraction of sp³-hybridized carbons (Fsp3) is 0.188. The molecular formula is C16H17NO4S. The molecule has 0 fully saturated rings. The smallest absolute Gasteiger partial charge is 0.239 e. The van der Waals surface area contributed by atoms with Crippen molar-refractivity contribution < 1.29 is 17.9 Å². The van der Waals surface area contributed by atoms with Crippen LogP contribution in [0, 0.1) is 0 Å². The van der Waals surface area contributed by atoms with Crippen molar-refractivity contribution in [3.8, 4) is 5.75 Å². The van der Waals surface area contributed by atoms with Crippen molar-refractivity contribution in [3.05, 3.63) is 60.2 Å². The summed E-state index contributed by atoms with van der Waals surface area (Å²) in [5.74, 6) is -0.589. The Morgan fingerprint density at radius 1 is 1.05 bits per heavy atom. The highest BCUT2D eigenvalue weighted by Gasteiger charge is 2.17. The lowest BCUT2D eigenvalue weighted by molar-refractivity contribution is -0.113. The van der Waals surface area contributed by atoms with Gasteiger partial charge in [0.2, 0.25) is 5.91 Å². The minimum Gasteiger partial charge on any atom is -0.497 e. The number of carbonyl (C=O) groups is 1. The number of methoxy groups -OCH3 is 1. The summed E-state index contributed by atoms with van der Waals surface area (Å²) < 4.78 is 29.1. The molecule has 0 saturated carbocycles. The third-order valence-corrected chi connectivity index (χ3v) is 4.43. The van der Waals surface area contributed by atoms with E-state index in [1.54, 1.807) is 55.6 Å². The summed E-state index contributed by atoms with van der Waals surface area (Å²) in [5, 5.41) is 2.56. The van der Waals surface area contributed by atoms with E-state index in [0.717, 1.165) is 0 Å². The number of benzene rings is 2. The van der Waals surface area contributed by atoms with Crippen LogP contribution in [0.15, 0.2) is 54.6 Å². The molecule has 116 valence electrons. The first-order valence-corrected chi connectivity index (χ1v) is 8.49. The summed E-state index contributed by atoms with van der Waals surface area (Å²) >= 11 is 0. The van der Waals surface area contributed by atoms with Gasteiger partial charge in [-0.25, -0.2) is 8.42 Å². The van der Waals surface area contributed by atoms with E-state index in [4.69, 9.17) is 4.74 Å². The fourth-order valence-corrected chi connectivity index (χ4v) is 3.22. The van der Waals surface area contributed by atoms with Crippen molar-refractivity contribution in [3.63, 3.8) is 0 Å². The SMILES string of the molecule is COc1ccc(NC(=O)CS(=O)(=O)Cc2ccccc2)cc1. The summed E-state index contributed by atoms with van der Waals surface area (Å²) in [4.78, 5) is 11.9. The summed E-state index contributed by atoms with van der Waals surface area (Å²) in [6.07, 6.45) is 0. The number of nitrogens with one attached hydrogen (secondary N) is 1. The molecule has 0 radical (unpaired) electrons. The zero-order chi connectivity index (χ0) is 16.0. The van der Waals surface area contributed by atoms with Gasteiger partial charge >= 0.3 is 0 Å². The molecule has 0 saturated heterocycles. The Balaban J connectivity index is 1.95. The topological polar surface area (TPSA) is 72.5 Å². The van der Waals surface area contributed by atoms with Gasteiger partial charge in [0.05, 0.1) is 12.9 Å². The molecule has 6 heteroatoms. The summed E-state index contributed by atoms with van der Waals surface area (Å²) in [6.45, 7) is 0. The van der Waals surface area contributed by atoms with Crippen LogP contribution in [0.4, 0.5) is 5.69 Å². The molecule has 5 nitrogen and oxygen atoms in total. The average molecular weight is 319 g/mol. The van der Waals surface area contributed by atoms with Gasteiger partial charge in [-0.05, 0) is 29.8 Å². The second-order valence-corrected chi connectivity index (χ2v) is 6.86. The molecule has 1 N–H and O–H groups in total. The maximum atomic E-state index is 12.0. The van der Waals surface area contributed by atoms with Crippen LogP contribution in [0.3, 0.4) is 0 Å². The molecule has 0 bridgehead atoms. The zero-order valence-electron chi connectivity index (χ0n) is 12.2. The standard InChI is InChI=1S/C16H17NO4S/c1-21-15-9-7-14(8-10-15)17-16(18)12-22(19,20)11-13-5-3-2-4-6-13/h2-10H,11-12H2,1H3,(H,17,18). The summed E-state index contributed by atoms with van der Waals surface area (Å²) in [7, 11) is -1.96. The lowest BCUT2D eigenvalue weighted by Crippen LogP contribution is -2.23. The Bertz CT molecular complexity index is 725. The van der Waals surface area contributed by atoms with Crippen molar-refractivity contribution in [2.24, 2.45) is 0 Å². The number of hydrogen-bond acceptors (Lipinski definition) is 4. The molecular weight excluding hydrogens is 302 g/mol. The molecule has 0 aliphatic carbocycles. The van der Waals surface area contributed by atoms with Gasteiger partial charge < -0.3 is 10.1 Å². The van der Waals surface area contributed by atoms with Crippen LogP contribution in [0.2, 0.25) is 0 Å². The van der Waals surface area contributed by atoms with Crippen molar-refractivity contribution in [2.75, 3.05) is 18.2 Å². The van der Waals surface area contributed by atoms with Crippen LogP contribution < -0.4 is 10.1 Å². The molecule has 0 spiro atoms. The Hall–Kier alpha value is -2.34. The number of sulfone groups is 1. The van der Waals surface area contributed by atoms with Crippen LogP contribution >= 0.6 is 0 Å². The number of hydrogen-bond donors (Lipinski definition) is 1. The number of carbonyl (C=O) groups excluding carboxylic acids is 1. The second kappa shape index (κ2) is 7.09. The van der Waals surface area contributed by atoms with E-state index in [9.17, 15) is 13.2 Å². The van der Waals surface area contributed by atoms with Gasteiger partial charge in [-0.15, -0.1) is 0 Å². The molecule has 22 heavy (non-hydrogen) atoms. The first-order chi connectivity index (χ1) is 10.5. The molecule has 2 aromatic carbocycles. The molecule has 2 aromatic rings. The van der Waals surface area contributed by atoms with E-state index in [-0.39, 0.29) is 5.75 Å². The normalized spacial score (nSPS) is 11.0. The molecule has 0 aliphatic heterocycles. The number of anilines is 1. The Morgan fingerprint density at radius 3 is 2.27 bits per heavy atom. The van der Waals surface area contributed by atoms with Gasteiger partial charge in [-0.1, -0.05) is 30.3 Å². The maximum Gasteiger partial charge on any atom is 0.239 e. The first-order valence-electron chi connectivity index (χ1n) is 6.67. The Morgan fingerprint density at radius 2 is 1.68 bits per heavy atom. The molecule has 0 atom stereocenters. The fourth-order valence-electron chi connectivity index (χ4n) is 1.95. The van der Waals surface area contributed by atoms with Crippen LogP contribution in [-0.2, 0) is 20.4 Å². The molecule has 1 amide bonds. The van der Waals surface area contributed by atoms with Gasteiger partial charge in [-0.2, -0.15) is 0 Å². The number of amides is 1. The number of rotatable bonds is 6. The van der Waals surface area contributed by atoms with Crippen molar-refractivity contribution in [1.82, 2.24) is 0 Å². The van der Waals surface area contributed by atoms with E-state index in [2.05, 4.69) is 5.32 Å². The minimum absolute atomic E-state index is 0.149. The predicted molar refractivity (Wildman–Crippen MR) is 85.6 cm³/mol. The van der Waals surface area contributed by atoms with Gasteiger partial charge in [0, 0.05) is 5.69 Å². The Kier molecular flexibility index (Phi) is 5.16. The predicted octanol–water partition coefficient (Wildman–Crippen LogP) is 2.25. The van der Waals surface area contributed by atoms with E-state index in [1.807, 2.05) is 6.07 Å². The molecule has 0 unspecified atom stereocenters. The molecule has 0 aromatic heterocycles. The van der Waals surface area contributed by atoms with Crippen molar-refractivity contribution in [1.29, 1.82) is 0 Å². The van der Waals surface area contributed by atoms with E-state index in [0.29, 0.717) is 17.0 Å². The highest BCUT2D eigenvalue weighted by Crippen LogP contribution is 2.15. The second-order valence-electron chi connectivity index (χ2n) is 4.79. The third-order valence-electron chi connectivity index (χ3n) is 2.95. The zero-order valence-corrected chi connectivity index (χ0v) is 13.0. The van der Waals surface area contributed by atoms with E-state index < -0.39 is 21.5 Å². The van der Waals surface area contributed by atoms with Crippen LogP contribution in [0.25, 0.3) is 0 Å². The van der Waals surface area contributed by atoms with Gasteiger partial charge in [0.15, 0.2) is 9.84 Å². The van der Waals surface area contributed by atoms with Crippen LogP contribution in [-0.4, -0.2) is 27.2 Å². The van der Waals surface area contributed by atoms with Gasteiger partial charge in [0.25, 0.3) is 0 Å². The quantitative estimate of drug-likeness (QED) is 0.886. The number of ether oxygens (including phenoxy) is 1. The lowest BCUT2D eigenvalue weighted by Gasteiger charge is -2.07. The van der Waals surface area contributed by atoms with Crippen LogP contribution in [0.5, 0.6) is 5.75 Å². The minimum atomic E-state index is -3.50. The summed E-state index contributed by atoms with van der Waals surface area (Å²) in [6, 6.07) is 15.5. The highest BCUT2D eigenvalue weighted by molar-refractivity contribution is 7.91. The average Bonchev–Trinajstić information content (AvgIpc) is 2.47. The molecule has 0 aliphatic rings. The Labute approximate surface area is 129 Å².